The van der Waals surface area contributed by atoms with Gasteiger partial charge in [0.05, 0.1) is 23.0 Å². The van der Waals surface area contributed by atoms with Crippen LogP contribution in [0.25, 0.3) is 22.8 Å². The molecule has 6 rings (SSSR count). The number of rotatable bonds is 13. The van der Waals surface area contributed by atoms with E-state index in [9.17, 15) is 25.6 Å². The summed E-state index contributed by atoms with van der Waals surface area (Å²) in [6, 6.07) is 10.2. The summed E-state index contributed by atoms with van der Waals surface area (Å²) in [6.45, 7) is -0.821. The molecular weight excluding hydrogens is 794 g/mol. The van der Waals surface area contributed by atoms with E-state index in [1.165, 1.54) is 83.1 Å². The first-order valence-electron chi connectivity index (χ1n) is 17.9. The molecule has 2 fully saturated rings. The highest BCUT2D eigenvalue weighted by Gasteiger charge is 2.23. The summed E-state index contributed by atoms with van der Waals surface area (Å²) in [7, 11) is -4.29. The van der Waals surface area contributed by atoms with Crippen LogP contribution >= 0.6 is 15.9 Å². The van der Waals surface area contributed by atoms with Crippen molar-refractivity contribution in [3.05, 3.63) is 47.5 Å². The Hall–Kier alpha value is -3.26. The molecule has 2 saturated carbocycles. The first kappa shape index (κ1) is 42.5. The number of aromatic amines is 1. The van der Waals surface area contributed by atoms with Crippen LogP contribution in [0.3, 0.4) is 0 Å². The number of hydrogen-bond donors (Lipinski definition) is 3. The van der Waals surface area contributed by atoms with E-state index < -0.39 is 26.7 Å². The fraction of sp³-hybridized carbons (Fsp3) is 0.588. The van der Waals surface area contributed by atoms with Crippen LogP contribution in [0.15, 0.2) is 46.2 Å². The molecule has 14 nitrogen and oxygen atoms in total. The second kappa shape index (κ2) is 21.0. The summed E-state index contributed by atoms with van der Waals surface area (Å²) >= 11 is 2.87. The number of benzene rings is 2. The number of sulfonamides is 2. The van der Waals surface area contributed by atoms with Gasteiger partial charge in [0.25, 0.3) is 0 Å². The molecule has 4 aromatic rings. The van der Waals surface area contributed by atoms with Crippen LogP contribution in [0.4, 0.5) is 8.78 Å². The number of H-pyrrole nitrogens is 1. The lowest BCUT2D eigenvalue weighted by atomic mass is 9.84. The number of aromatic nitrogens is 8. The van der Waals surface area contributed by atoms with E-state index in [0.717, 1.165) is 29.5 Å². The monoisotopic (exact) mass is 842 g/mol. The Balaban J connectivity index is 0.000000216. The predicted octanol–water partition coefficient (Wildman–Crippen LogP) is 5.59. The molecule has 0 radical (unpaired) electrons. The average molecular weight is 844 g/mol. The molecule has 0 atom stereocenters. The summed E-state index contributed by atoms with van der Waals surface area (Å²) < 4.78 is 76.3. The van der Waals surface area contributed by atoms with Crippen LogP contribution < -0.4 is 9.44 Å². The molecular formula is C34H49BrF2N10O4S2. The van der Waals surface area contributed by atoms with Crippen LogP contribution in [0.5, 0.6) is 0 Å². The van der Waals surface area contributed by atoms with Crippen molar-refractivity contribution < 1.29 is 25.6 Å². The fourth-order valence-corrected chi connectivity index (χ4v) is 8.17. The van der Waals surface area contributed by atoms with Crippen molar-refractivity contribution >= 4 is 36.0 Å². The molecule has 3 N–H and O–H groups in total. The zero-order chi connectivity index (χ0) is 38.3. The maximum absolute atomic E-state index is 12.5. The molecule has 2 aliphatic carbocycles. The van der Waals surface area contributed by atoms with Gasteiger partial charge in [0.2, 0.25) is 31.7 Å². The van der Waals surface area contributed by atoms with E-state index in [4.69, 9.17) is 0 Å². The molecule has 292 valence electrons. The molecule has 0 aliphatic heterocycles. The zero-order valence-electron chi connectivity index (χ0n) is 30.1. The standard InChI is InChI=1S/C17H24FN5O2S.C15H21N5O2S.C2H4BrF/c1-19-26(24,25)15-8-7-14(11-13-5-3-2-4-6-13)16(12-15)17-20-22-23(21-17)10-9-18;1-16-23(21,22)13-8-7-12(9-11-5-3-2-4-6-11)14(10-13)15-17-19-20-18-15;3-1-2-4/h7-8,12-13,19H,2-6,9-11H2,1H3;7-8,10-11,16H,2-6,9H2,1H3,(H,17,18,19,20);1-2H2. The third-order valence-electron chi connectivity index (χ3n) is 9.42. The Morgan fingerprint density at radius 1 is 0.755 bits per heavy atom. The Kier molecular flexibility index (Phi) is 16.8. The number of halogens is 3. The van der Waals surface area contributed by atoms with Crippen molar-refractivity contribution in [1.82, 2.24) is 50.3 Å². The van der Waals surface area contributed by atoms with Gasteiger partial charge in [0, 0.05) is 16.5 Å². The number of nitrogens with zero attached hydrogens (tertiary/aromatic N) is 7. The van der Waals surface area contributed by atoms with Crippen molar-refractivity contribution in [2.45, 2.75) is 93.4 Å². The van der Waals surface area contributed by atoms with Gasteiger partial charge in [-0.25, -0.2) is 30.7 Å². The van der Waals surface area contributed by atoms with E-state index in [2.05, 4.69) is 61.4 Å². The van der Waals surface area contributed by atoms with E-state index in [-0.39, 0.29) is 23.0 Å². The highest BCUT2D eigenvalue weighted by molar-refractivity contribution is 9.09. The Labute approximate surface area is 318 Å². The lowest BCUT2D eigenvalue weighted by molar-refractivity contribution is 0.357. The quantitative estimate of drug-likeness (QED) is 0.143. The van der Waals surface area contributed by atoms with Gasteiger partial charge in [0.15, 0.2) is 0 Å². The van der Waals surface area contributed by atoms with Crippen LogP contribution in [0, 0.1) is 11.8 Å². The third kappa shape index (κ3) is 12.4. The molecule has 2 aromatic heterocycles. The van der Waals surface area contributed by atoms with Crippen molar-refractivity contribution in [1.29, 1.82) is 0 Å². The number of hydrogen-bond acceptors (Lipinski definition) is 10. The predicted molar refractivity (Wildman–Crippen MR) is 202 cm³/mol. The molecule has 0 amide bonds. The van der Waals surface area contributed by atoms with Gasteiger partial charge in [-0.3, -0.25) is 4.39 Å². The summed E-state index contributed by atoms with van der Waals surface area (Å²) in [5.74, 6) is 1.98. The minimum atomic E-state index is -3.57. The largest absolute Gasteiger partial charge is 0.250 e. The van der Waals surface area contributed by atoms with Gasteiger partial charge < -0.3 is 0 Å². The molecule has 53 heavy (non-hydrogen) atoms. The SMILES string of the molecule is CNS(=O)(=O)c1ccc(CC2CCCCC2)c(-c2nn[nH]n2)c1.CNS(=O)(=O)c1ccc(CC2CCCCC2)c(-c2nnn(CCF)n2)c1.FCCBr. The maximum atomic E-state index is 12.5. The highest BCUT2D eigenvalue weighted by Crippen LogP contribution is 2.33. The fourth-order valence-electron chi connectivity index (χ4n) is 6.66. The Bertz CT molecular complexity index is 1920. The van der Waals surface area contributed by atoms with E-state index in [1.54, 1.807) is 24.3 Å². The van der Waals surface area contributed by atoms with E-state index in [0.29, 0.717) is 34.4 Å². The Morgan fingerprint density at radius 3 is 1.66 bits per heavy atom. The van der Waals surface area contributed by atoms with Gasteiger partial charge in [-0.1, -0.05) is 92.3 Å². The van der Waals surface area contributed by atoms with Crippen molar-refractivity contribution in [2.24, 2.45) is 11.8 Å². The number of tetrazole rings is 2. The van der Waals surface area contributed by atoms with Crippen LogP contribution in [0.2, 0.25) is 0 Å². The molecule has 0 bridgehead atoms. The average Bonchev–Trinajstić information content (AvgIpc) is 3.90. The molecule has 0 saturated heterocycles. The maximum Gasteiger partial charge on any atom is 0.240 e. The van der Waals surface area contributed by atoms with Crippen LogP contribution in [-0.2, 0) is 39.4 Å². The van der Waals surface area contributed by atoms with Crippen LogP contribution in [0.1, 0.15) is 75.3 Å². The molecule has 2 heterocycles. The second-order valence-corrected chi connectivity index (χ2v) is 17.5. The summed E-state index contributed by atoms with van der Waals surface area (Å²) in [5, 5.41) is 26.6. The van der Waals surface area contributed by atoms with Crippen molar-refractivity contribution in [3.63, 3.8) is 0 Å². The van der Waals surface area contributed by atoms with Gasteiger partial charge in [0.1, 0.15) is 6.67 Å². The second-order valence-electron chi connectivity index (χ2n) is 13.0. The van der Waals surface area contributed by atoms with E-state index >= 15 is 0 Å². The summed E-state index contributed by atoms with van der Waals surface area (Å²) in [4.78, 5) is 1.57. The molecule has 0 spiro atoms. The third-order valence-corrected chi connectivity index (χ3v) is 12.5. The minimum absolute atomic E-state index is 0.0272. The number of nitrogens with one attached hydrogen (secondary N) is 3. The normalized spacial score (nSPS) is 15.6. The highest BCUT2D eigenvalue weighted by atomic mass is 79.9. The van der Waals surface area contributed by atoms with Gasteiger partial charge in [-0.15, -0.1) is 20.4 Å². The molecule has 0 unspecified atom stereocenters. The van der Waals surface area contributed by atoms with Gasteiger partial charge in [-0.05, 0) is 84.6 Å². The zero-order valence-corrected chi connectivity index (χ0v) is 33.4. The summed E-state index contributed by atoms with van der Waals surface area (Å²) in [5.41, 5.74) is 3.47. The van der Waals surface area contributed by atoms with Gasteiger partial charge >= 0.3 is 0 Å². The van der Waals surface area contributed by atoms with E-state index in [1.807, 2.05) is 12.1 Å². The topological polar surface area (TPSA) is 190 Å². The number of aryl methyl sites for hydroxylation is 1. The molecule has 19 heteroatoms. The van der Waals surface area contributed by atoms with Gasteiger partial charge in [-0.2, -0.15) is 10.0 Å². The first-order chi connectivity index (χ1) is 25.5. The number of alkyl halides is 3. The molecule has 2 aliphatic rings. The molecule has 2 aromatic carbocycles. The van der Waals surface area contributed by atoms with Crippen LogP contribution in [-0.4, -0.2) is 90.4 Å². The van der Waals surface area contributed by atoms with Crippen molar-refractivity contribution in [2.75, 3.05) is 32.8 Å². The Morgan fingerprint density at radius 2 is 1.25 bits per heavy atom. The lowest BCUT2D eigenvalue weighted by Gasteiger charge is -2.22. The smallest absolute Gasteiger partial charge is 0.240 e. The lowest BCUT2D eigenvalue weighted by Crippen LogP contribution is -2.19. The van der Waals surface area contributed by atoms with Crippen molar-refractivity contribution in [3.8, 4) is 22.8 Å². The summed E-state index contributed by atoms with van der Waals surface area (Å²) in [6.07, 6.45) is 14.2. The first-order valence-corrected chi connectivity index (χ1v) is 22.0. The minimum Gasteiger partial charge on any atom is -0.250 e.